The minimum absolute atomic E-state index is 0.0483. The fourth-order valence-electron chi connectivity index (χ4n) is 1.83. The molecular formula is C13H13ClO3. The molecule has 0 atom stereocenters. The van der Waals surface area contributed by atoms with Gasteiger partial charge in [0.25, 0.3) is 0 Å². The molecule has 0 aliphatic carbocycles. The lowest BCUT2D eigenvalue weighted by atomic mass is 9.97. The number of rotatable bonds is 1. The van der Waals surface area contributed by atoms with Gasteiger partial charge in [-0.1, -0.05) is 17.7 Å². The van der Waals surface area contributed by atoms with Crippen molar-refractivity contribution in [3.8, 4) is 0 Å². The molecule has 0 amide bonds. The van der Waals surface area contributed by atoms with E-state index < -0.39 is 11.6 Å². The Morgan fingerprint density at radius 2 is 2.00 bits per heavy atom. The summed E-state index contributed by atoms with van der Waals surface area (Å²) in [6.07, 6.45) is 0. The highest BCUT2D eigenvalue weighted by Gasteiger charge is 2.41. The molecule has 0 radical (unpaired) electrons. The number of cyclic esters (lactones) is 1. The first-order chi connectivity index (χ1) is 7.83. The van der Waals surface area contributed by atoms with Crippen molar-refractivity contribution >= 4 is 23.1 Å². The summed E-state index contributed by atoms with van der Waals surface area (Å²) in [7, 11) is 0. The quantitative estimate of drug-likeness (QED) is 0.781. The van der Waals surface area contributed by atoms with Crippen molar-refractivity contribution in [2.24, 2.45) is 0 Å². The fourth-order valence-corrected chi connectivity index (χ4v) is 2.00. The molecule has 1 aliphatic heterocycles. The lowest BCUT2D eigenvalue weighted by molar-refractivity contribution is -0.143. The number of hydrogen-bond donors (Lipinski definition) is 1. The third kappa shape index (κ3) is 1.91. The number of carbonyl (C=O) groups excluding carboxylic acids is 1. The van der Waals surface area contributed by atoms with E-state index in [1.165, 1.54) is 0 Å². The monoisotopic (exact) mass is 252 g/mol. The Morgan fingerprint density at radius 1 is 1.35 bits per heavy atom. The minimum Gasteiger partial charge on any atom is -0.507 e. The Balaban J connectivity index is 2.64. The second-order valence-corrected chi connectivity index (χ2v) is 5.02. The zero-order valence-electron chi connectivity index (χ0n) is 9.87. The second kappa shape index (κ2) is 3.77. The predicted octanol–water partition coefficient (Wildman–Crippen LogP) is 3.25. The van der Waals surface area contributed by atoms with Crippen LogP contribution in [0.2, 0.25) is 5.02 Å². The first kappa shape index (κ1) is 12.0. The van der Waals surface area contributed by atoms with Crippen molar-refractivity contribution in [1.29, 1.82) is 0 Å². The van der Waals surface area contributed by atoms with Gasteiger partial charge in [0.1, 0.15) is 5.57 Å². The van der Waals surface area contributed by atoms with E-state index in [4.69, 9.17) is 16.3 Å². The lowest BCUT2D eigenvalue weighted by Gasteiger charge is -2.16. The maximum atomic E-state index is 11.8. The number of hydrogen-bond acceptors (Lipinski definition) is 3. The summed E-state index contributed by atoms with van der Waals surface area (Å²) < 4.78 is 5.12. The van der Waals surface area contributed by atoms with Gasteiger partial charge >= 0.3 is 5.97 Å². The Kier molecular flexibility index (Phi) is 2.66. The van der Waals surface area contributed by atoms with Gasteiger partial charge < -0.3 is 9.84 Å². The molecule has 1 heterocycles. The van der Waals surface area contributed by atoms with Gasteiger partial charge in [-0.15, -0.1) is 0 Å². The minimum atomic E-state index is -0.971. The van der Waals surface area contributed by atoms with Crippen LogP contribution >= 0.6 is 11.6 Å². The summed E-state index contributed by atoms with van der Waals surface area (Å²) in [6.45, 7) is 5.14. The molecule has 0 aromatic heterocycles. The van der Waals surface area contributed by atoms with Gasteiger partial charge in [-0.05, 0) is 44.0 Å². The zero-order chi connectivity index (χ0) is 12.8. The summed E-state index contributed by atoms with van der Waals surface area (Å²) in [4.78, 5) is 11.8. The second-order valence-electron chi connectivity index (χ2n) is 4.58. The van der Waals surface area contributed by atoms with Crippen LogP contribution in [0.5, 0.6) is 0 Å². The summed E-state index contributed by atoms with van der Waals surface area (Å²) in [5.74, 6) is -0.564. The van der Waals surface area contributed by atoms with Gasteiger partial charge in [0.2, 0.25) is 0 Å². The smallest absolute Gasteiger partial charge is 0.343 e. The van der Waals surface area contributed by atoms with Crippen molar-refractivity contribution in [3.63, 3.8) is 0 Å². The first-order valence-electron chi connectivity index (χ1n) is 5.26. The highest BCUT2D eigenvalue weighted by Crippen LogP contribution is 2.37. The molecule has 1 N–H and O–H groups in total. The number of benzene rings is 1. The Hall–Kier alpha value is -1.48. The van der Waals surface area contributed by atoms with Gasteiger partial charge in [-0.3, -0.25) is 0 Å². The fraction of sp³-hybridized carbons (Fsp3) is 0.308. The average Bonchev–Trinajstić information content (AvgIpc) is 2.41. The van der Waals surface area contributed by atoms with Gasteiger partial charge in [0.15, 0.2) is 11.4 Å². The molecule has 0 saturated carbocycles. The predicted molar refractivity (Wildman–Crippen MR) is 65.9 cm³/mol. The van der Waals surface area contributed by atoms with E-state index in [1.54, 1.807) is 32.0 Å². The van der Waals surface area contributed by atoms with E-state index in [1.807, 2.05) is 6.92 Å². The molecule has 0 spiro atoms. The summed E-state index contributed by atoms with van der Waals surface area (Å²) in [6, 6.07) is 5.20. The highest BCUT2D eigenvalue weighted by molar-refractivity contribution is 6.31. The molecule has 0 unspecified atom stereocenters. The van der Waals surface area contributed by atoms with Gasteiger partial charge in [-0.25, -0.2) is 4.79 Å². The van der Waals surface area contributed by atoms with Crippen LogP contribution in [0.25, 0.3) is 5.57 Å². The Labute approximate surface area is 105 Å². The third-order valence-corrected chi connectivity index (χ3v) is 3.06. The molecule has 4 heteroatoms. The molecule has 1 aromatic carbocycles. The summed E-state index contributed by atoms with van der Waals surface area (Å²) in [5.41, 5.74) is 0.715. The van der Waals surface area contributed by atoms with E-state index in [0.717, 1.165) is 5.56 Å². The van der Waals surface area contributed by atoms with Crippen LogP contribution in [-0.2, 0) is 9.53 Å². The molecule has 0 bridgehead atoms. The molecule has 3 nitrogen and oxygen atoms in total. The number of esters is 1. The first-order valence-corrected chi connectivity index (χ1v) is 5.64. The van der Waals surface area contributed by atoms with Crippen LogP contribution < -0.4 is 0 Å². The molecule has 0 saturated heterocycles. The van der Waals surface area contributed by atoms with Crippen LogP contribution in [-0.4, -0.2) is 16.7 Å². The molecular weight excluding hydrogens is 240 g/mol. The van der Waals surface area contributed by atoms with Crippen LogP contribution in [0, 0.1) is 6.92 Å². The van der Waals surface area contributed by atoms with Crippen molar-refractivity contribution in [2.75, 3.05) is 0 Å². The van der Waals surface area contributed by atoms with E-state index in [-0.39, 0.29) is 11.3 Å². The molecule has 2 rings (SSSR count). The maximum absolute atomic E-state index is 11.8. The van der Waals surface area contributed by atoms with E-state index >= 15 is 0 Å². The van der Waals surface area contributed by atoms with Crippen LogP contribution in [0.1, 0.15) is 25.0 Å². The molecule has 0 fully saturated rings. The lowest BCUT2D eigenvalue weighted by Crippen LogP contribution is -2.22. The number of aliphatic hydroxyl groups excluding tert-OH is 1. The number of aryl methyl sites for hydroxylation is 1. The topological polar surface area (TPSA) is 46.5 Å². The Morgan fingerprint density at radius 3 is 2.53 bits per heavy atom. The number of halogens is 1. The van der Waals surface area contributed by atoms with Crippen molar-refractivity contribution in [1.82, 2.24) is 0 Å². The van der Waals surface area contributed by atoms with Gasteiger partial charge in [0, 0.05) is 5.02 Å². The molecule has 1 aliphatic rings. The van der Waals surface area contributed by atoms with Crippen LogP contribution in [0.4, 0.5) is 0 Å². The van der Waals surface area contributed by atoms with E-state index in [2.05, 4.69) is 0 Å². The van der Waals surface area contributed by atoms with Crippen molar-refractivity contribution in [2.45, 2.75) is 26.4 Å². The summed E-state index contributed by atoms with van der Waals surface area (Å²) >= 11 is 5.91. The number of carbonyl (C=O) groups is 1. The van der Waals surface area contributed by atoms with E-state index in [9.17, 15) is 9.90 Å². The summed E-state index contributed by atoms with van der Waals surface area (Å²) in [5, 5.41) is 10.6. The average molecular weight is 253 g/mol. The van der Waals surface area contributed by atoms with Crippen LogP contribution in [0.15, 0.2) is 24.0 Å². The normalized spacial score (nSPS) is 18.5. The number of aliphatic hydroxyl groups is 1. The highest BCUT2D eigenvalue weighted by atomic mass is 35.5. The maximum Gasteiger partial charge on any atom is 0.343 e. The van der Waals surface area contributed by atoms with Crippen molar-refractivity contribution < 1.29 is 14.6 Å². The van der Waals surface area contributed by atoms with Gasteiger partial charge in [0.05, 0.1) is 0 Å². The zero-order valence-corrected chi connectivity index (χ0v) is 10.6. The number of ether oxygens (including phenoxy) is 1. The Bertz CT molecular complexity index is 529. The molecule has 17 heavy (non-hydrogen) atoms. The van der Waals surface area contributed by atoms with Crippen LogP contribution in [0.3, 0.4) is 0 Å². The van der Waals surface area contributed by atoms with Gasteiger partial charge in [-0.2, -0.15) is 0 Å². The SMILES string of the molecule is Cc1ccc(Cl)cc1C1=C(O)C(C)(C)OC1=O. The largest absolute Gasteiger partial charge is 0.507 e. The molecule has 90 valence electrons. The third-order valence-electron chi connectivity index (χ3n) is 2.83. The molecule has 1 aromatic rings. The van der Waals surface area contributed by atoms with E-state index in [0.29, 0.717) is 10.6 Å². The standard InChI is InChI=1S/C13H13ClO3/c1-7-4-5-8(14)6-9(7)10-11(15)13(2,3)17-12(10)16/h4-6,15H,1-3H3. The van der Waals surface area contributed by atoms with Crippen molar-refractivity contribution in [3.05, 3.63) is 40.1 Å².